The van der Waals surface area contributed by atoms with Crippen molar-refractivity contribution in [2.24, 2.45) is 11.8 Å². The molecule has 0 radical (unpaired) electrons. The van der Waals surface area contributed by atoms with E-state index in [-0.39, 0.29) is 28.8 Å². The van der Waals surface area contributed by atoms with Crippen LogP contribution in [0, 0.1) is 11.8 Å². The number of hydrogen-bond donors (Lipinski definition) is 1. The van der Waals surface area contributed by atoms with Crippen LogP contribution in [0.2, 0.25) is 18.1 Å². The maximum absolute atomic E-state index is 12.5. The molecule has 6 heteroatoms. The molecular formula is C27H48O5Si. The summed E-state index contributed by atoms with van der Waals surface area (Å²) < 4.78 is 11.4. The third-order valence-corrected chi connectivity index (χ3v) is 11.6. The fourth-order valence-electron chi connectivity index (χ4n) is 3.94. The largest absolute Gasteiger partial charge is 0.469 e. The number of allylic oxidation sites excluding steroid dienone is 3. The fourth-order valence-corrected chi connectivity index (χ4v) is 5.24. The average Bonchev–Trinajstić information content (AvgIpc) is 3.10. The fraction of sp³-hybridized carbons (Fsp3) is 0.778. The van der Waals surface area contributed by atoms with E-state index in [0.29, 0.717) is 12.8 Å². The molecule has 5 nitrogen and oxygen atoms in total. The molecule has 0 aromatic rings. The number of esters is 1. The lowest BCUT2D eigenvalue weighted by atomic mass is 9.86. The van der Waals surface area contributed by atoms with E-state index in [9.17, 15) is 14.7 Å². The number of aliphatic hydroxyl groups is 1. The highest BCUT2D eigenvalue weighted by Gasteiger charge is 2.39. The highest BCUT2D eigenvalue weighted by atomic mass is 28.4. The van der Waals surface area contributed by atoms with Crippen molar-refractivity contribution < 1.29 is 23.9 Å². The van der Waals surface area contributed by atoms with Gasteiger partial charge < -0.3 is 14.3 Å². The molecule has 33 heavy (non-hydrogen) atoms. The maximum Gasteiger partial charge on any atom is 0.305 e. The van der Waals surface area contributed by atoms with E-state index in [1.54, 1.807) is 6.08 Å². The van der Waals surface area contributed by atoms with Gasteiger partial charge in [0.05, 0.1) is 25.2 Å². The molecule has 190 valence electrons. The van der Waals surface area contributed by atoms with Crippen LogP contribution in [-0.2, 0) is 18.8 Å². The van der Waals surface area contributed by atoms with Crippen LogP contribution in [0.25, 0.3) is 0 Å². The smallest absolute Gasteiger partial charge is 0.305 e. The Morgan fingerprint density at radius 2 is 1.82 bits per heavy atom. The van der Waals surface area contributed by atoms with Crippen LogP contribution >= 0.6 is 0 Å². The van der Waals surface area contributed by atoms with E-state index in [1.165, 1.54) is 20.0 Å². The summed E-state index contributed by atoms with van der Waals surface area (Å²) in [5, 5.41) is 10.9. The van der Waals surface area contributed by atoms with Gasteiger partial charge in [0.25, 0.3) is 0 Å². The number of aliphatic hydroxyl groups excluding tert-OH is 1. The Labute approximate surface area is 203 Å². The topological polar surface area (TPSA) is 72.8 Å². The molecular weight excluding hydrogens is 432 g/mol. The molecule has 4 atom stereocenters. The second-order valence-electron chi connectivity index (χ2n) is 10.9. The first kappa shape index (κ1) is 29.8. The summed E-state index contributed by atoms with van der Waals surface area (Å²) in [6.07, 6.45) is 14.9. The number of rotatable bonds is 15. The van der Waals surface area contributed by atoms with Gasteiger partial charge >= 0.3 is 5.97 Å². The SMILES string of the molecule is CCCCCC(C=CC1C=CC(=O)C1C(O)CCCCCC(=O)OC)O[Si](C)(C)C(C)(C)C. The Balaban J connectivity index is 2.75. The van der Waals surface area contributed by atoms with Crippen LogP contribution in [0.4, 0.5) is 0 Å². The van der Waals surface area contributed by atoms with Gasteiger partial charge in [0, 0.05) is 12.3 Å². The first-order valence-corrected chi connectivity index (χ1v) is 15.7. The van der Waals surface area contributed by atoms with Crippen molar-refractivity contribution in [3.05, 3.63) is 24.3 Å². The molecule has 0 heterocycles. The minimum absolute atomic E-state index is 0.000409. The number of ketones is 1. The van der Waals surface area contributed by atoms with Crippen LogP contribution in [0.5, 0.6) is 0 Å². The third kappa shape index (κ3) is 10.3. The van der Waals surface area contributed by atoms with Gasteiger partial charge in [0.2, 0.25) is 0 Å². The number of carbonyl (C=O) groups excluding carboxylic acids is 2. The zero-order valence-electron chi connectivity index (χ0n) is 22.1. The molecule has 0 saturated carbocycles. The third-order valence-electron chi connectivity index (χ3n) is 7.14. The lowest BCUT2D eigenvalue weighted by Crippen LogP contribution is -2.43. The molecule has 0 bridgehead atoms. The molecule has 0 amide bonds. The standard InChI is InChI=1S/C27H48O5Si/c1-8-9-11-14-22(32-33(6,7)27(2,3)4)19-17-21-18-20-24(29)26(21)23(28)15-12-10-13-16-25(30)31-5/h17-23,26,28H,8-16H2,1-7H3. The van der Waals surface area contributed by atoms with E-state index < -0.39 is 20.3 Å². The summed E-state index contributed by atoms with van der Waals surface area (Å²) in [4.78, 5) is 23.7. The van der Waals surface area contributed by atoms with Crippen molar-refractivity contribution in [3.63, 3.8) is 0 Å². The first-order chi connectivity index (χ1) is 15.4. The van der Waals surface area contributed by atoms with Gasteiger partial charge in [-0.05, 0) is 43.5 Å². The Kier molecular flexibility index (Phi) is 12.8. The lowest BCUT2D eigenvalue weighted by Gasteiger charge is -2.38. The van der Waals surface area contributed by atoms with Crippen molar-refractivity contribution >= 4 is 20.1 Å². The Hall–Kier alpha value is -1.24. The van der Waals surface area contributed by atoms with Gasteiger partial charge in [-0.15, -0.1) is 0 Å². The molecule has 1 rings (SSSR count). The first-order valence-electron chi connectivity index (χ1n) is 12.8. The summed E-state index contributed by atoms with van der Waals surface area (Å²) in [6.45, 7) is 13.5. The zero-order chi connectivity index (χ0) is 25.1. The average molecular weight is 481 g/mol. The molecule has 1 N–H and O–H groups in total. The van der Waals surface area contributed by atoms with E-state index in [4.69, 9.17) is 4.43 Å². The van der Waals surface area contributed by atoms with E-state index in [0.717, 1.165) is 32.1 Å². The van der Waals surface area contributed by atoms with Crippen molar-refractivity contribution in [1.82, 2.24) is 0 Å². The minimum Gasteiger partial charge on any atom is -0.469 e. The Morgan fingerprint density at radius 1 is 1.15 bits per heavy atom. The van der Waals surface area contributed by atoms with Crippen molar-refractivity contribution in [1.29, 1.82) is 0 Å². The Bertz CT molecular complexity index is 662. The summed E-state index contributed by atoms with van der Waals surface area (Å²) in [7, 11) is -0.519. The summed E-state index contributed by atoms with van der Waals surface area (Å²) in [6, 6.07) is 0. The minimum atomic E-state index is -1.91. The zero-order valence-corrected chi connectivity index (χ0v) is 23.1. The second-order valence-corrected chi connectivity index (χ2v) is 15.7. The van der Waals surface area contributed by atoms with Crippen molar-refractivity contribution in [2.45, 2.75) is 116 Å². The van der Waals surface area contributed by atoms with Gasteiger partial charge in [-0.1, -0.05) is 78.0 Å². The van der Waals surface area contributed by atoms with Crippen LogP contribution < -0.4 is 0 Å². The molecule has 0 aromatic carbocycles. The Morgan fingerprint density at radius 3 is 2.42 bits per heavy atom. The summed E-state index contributed by atoms with van der Waals surface area (Å²) in [5.41, 5.74) is 0. The normalized spacial score (nSPS) is 21.0. The number of carbonyl (C=O) groups is 2. The molecule has 0 spiro atoms. The van der Waals surface area contributed by atoms with Crippen LogP contribution in [0.3, 0.4) is 0 Å². The van der Waals surface area contributed by atoms with Crippen LogP contribution in [-0.4, -0.2) is 44.5 Å². The van der Waals surface area contributed by atoms with E-state index in [2.05, 4.69) is 57.7 Å². The summed E-state index contributed by atoms with van der Waals surface area (Å²) in [5.74, 6) is -0.728. The maximum atomic E-state index is 12.5. The highest BCUT2D eigenvalue weighted by Crippen LogP contribution is 2.38. The predicted octanol–water partition coefficient (Wildman–Crippen LogP) is 6.37. The monoisotopic (exact) mass is 480 g/mol. The van der Waals surface area contributed by atoms with Gasteiger partial charge in [0.15, 0.2) is 14.1 Å². The van der Waals surface area contributed by atoms with Crippen molar-refractivity contribution in [3.8, 4) is 0 Å². The molecule has 0 aliphatic heterocycles. The van der Waals surface area contributed by atoms with Crippen LogP contribution in [0.15, 0.2) is 24.3 Å². The second kappa shape index (κ2) is 14.2. The molecule has 1 aliphatic carbocycles. The van der Waals surface area contributed by atoms with Crippen LogP contribution in [0.1, 0.15) is 85.5 Å². The lowest BCUT2D eigenvalue weighted by molar-refractivity contribution is -0.140. The number of ether oxygens (including phenoxy) is 1. The number of methoxy groups -OCH3 is 1. The molecule has 0 fully saturated rings. The van der Waals surface area contributed by atoms with Gasteiger partial charge in [-0.2, -0.15) is 0 Å². The van der Waals surface area contributed by atoms with Gasteiger partial charge in [-0.25, -0.2) is 0 Å². The molecule has 4 unspecified atom stereocenters. The van der Waals surface area contributed by atoms with Gasteiger partial charge in [-0.3, -0.25) is 9.59 Å². The van der Waals surface area contributed by atoms with E-state index >= 15 is 0 Å². The highest BCUT2D eigenvalue weighted by molar-refractivity contribution is 6.74. The predicted molar refractivity (Wildman–Crippen MR) is 138 cm³/mol. The quantitative estimate of drug-likeness (QED) is 0.128. The number of hydrogen-bond acceptors (Lipinski definition) is 5. The van der Waals surface area contributed by atoms with E-state index in [1.807, 2.05) is 6.08 Å². The number of unbranched alkanes of at least 4 members (excludes halogenated alkanes) is 4. The van der Waals surface area contributed by atoms with Gasteiger partial charge in [0.1, 0.15) is 0 Å². The molecule has 0 aromatic heterocycles. The molecule has 0 saturated heterocycles. The molecule has 1 aliphatic rings. The summed E-state index contributed by atoms with van der Waals surface area (Å²) >= 11 is 0. The van der Waals surface area contributed by atoms with Crippen molar-refractivity contribution in [2.75, 3.05) is 7.11 Å².